The Morgan fingerprint density at radius 2 is 1.78 bits per heavy atom. The fourth-order valence-corrected chi connectivity index (χ4v) is 5.65. The van der Waals surface area contributed by atoms with Crippen molar-refractivity contribution in [1.82, 2.24) is 0 Å². The predicted molar refractivity (Wildman–Crippen MR) is 117 cm³/mol. The summed E-state index contributed by atoms with van der Waals surface area (Å²) in [4.78, 5) is 0. The normalized spacial score (nSPS) is 26.2. The van der Waals surface area contributed by atoms with Gasteiger partial charge in [0.2, 0.25) is 8.32 Å². The molecule has 1 fully saturated rings. The minimum absolute atomic E-state index is 0.0967. The van der Waals surface area contributed by atoms with Gasteiger partial charge in [0, 0.05) is 11.0 Å². The number of ether oxygens (including phenoxy) is 1. The van der Waals surface area contributed by atoms with Gasteiger partial charge < -0.3 is 9.16 Å². The Kier molecular flexibility index (Phi) is 4.86. The number of fused-ring (bicyclic) bond motifs is 1. The first kappa shape index (κ1) is 20.5. The van der Waals surface area contributed by atoms with Gasteiger partial charge in [0.05, 0.1) is 0 Å². The second-order valence-corrected chi connectivity index (χ2v) is 16.0. The summed E-state index contributed by atoms with van der Waals surface area (Å²) in [5, 5.41) is 0.188. The van der Waals surface area contributed by atoms with E-state index in [1.54, 1.807) is 0 Å². The number of hydrogen-bond donors (Lipinski definition) is 0. The fraction of sp³-hybridized carbons (Fsp3) is 0.667. The Morgan fingerprint density at radius 3 is 2.37 bits per heavy atom. The van der Waals surface area contributed by atoms with E-state index in [1.807, 2.05) is 0 Å². The lowest BCUT2D eigenvalue weighted by Crippen LogP contribution is -2.43. The predicted octanol–water partition coefficient (Wildman–Crippen LogP) is 7.42. The van der Waals surface area contributed by atoms with Crippen LogP contribution in [0.1, 0.15) is 73.3 Å². The van der Waals surface area contributed by atoms with Crippen molar-refractivity contribution in [2.45, 2.75) is 92.0 Å². The van der Waals surface area contributed by atoms with Gasteiger partial charge in [-0.15, -0.1) is 0 Å². The lowest BCUT2D eigenvalue weighted by Gasteiger charge is -2.36. The van der Waals surface area contributed by atoms with Crippen molar-refractivity contribution in [1.29, 1.82) is 0 Å². The van der Waals surface area contributed by atoms with Gasteiger partial charge >= 0.3 is 0 Å². The molecule has 27 heavy (non-hydrogen) atoms. The van der Waals surface area contributed by atoms with E-state index in [9.17, 15) is 0 Å². The minimum atomic E-state index is -1.86. The molecule has 0 bridgehead atoms. The van der Waals surface area contributed by atoms with Gasteiger partial charge in [-0.05, 0) is 60.5 Å². The summed E-state index contributed by atoms with van der Waals surface area (Å²) < 4.78 is 13.2. The van der Waals surface area contributed by atoms with Crippen molar-refractivity contribution >= 4 is 14.1 Å². The smallest absolute Gasteiger partial charge is 0.250 e. The zero-order chi connectivity index (χ0) is 20.3. The molecule has 0 unspecified atom stereocenters. The molecule has 2 aliphatic rings. The Morgan fingerprint density at radius 1 is 1.11 bits per heavy atom. The Labute approximate surface area is 167 Å². The number of rotatable bonds is 3. The highest BCUT2D eigenvalue weighted by atomic mass is 28.4. The summed E-state index contributed by atoms with van der Waals surface area (Å²) in [7, 11) is -1.86. The van der Waals surface area contributed by atoms with Gasteiger partial charge in [0.25, 0.3) is 0 Å². The van der Waals surface area contributed by atoms with Crippen molar-refractivity contribution in [3.8, 4) is 5.75 Å². The SMILES string of the molecule is CC(C)(C)C1=C(c2cccc(O[Si](C)(C)C(C)(C)C)c2)O[C@@H]2CCC[C@]12C. The highest BCUT2D eigenvalue weighted by Crippen LogP contribution is 2.59. The van der Waals surface area contributed by atoms with Crippen molar-refractivity contribution in [3.63, 3.8) is 0 Å². The average Bonchev–Trinajstić information content (AvgIpc) is 2.98. The Balaban J connectivity index is 2.02. The maximum absolute atomic E-state index is 6.60. The van der Waals surface area contributed by atoms with Gasteiger partial charge in [-0.25, -0.2) is 0 Å². The molecule has 150 valence electrons. The molecule has 3 heteroatoms. The molecule has 1 saturated carbocycles. The maximum Gasteiger partial charge on any atom is 0.250 e. The summed E-state index contributed by atoms with van der Waals surface area (Å²) in [5.41, 5.74) is 2.93. The molecule has 3 rings (SSSR count). The van der Waals surface area contributed by atoms with Gasteiger partial charge in [0.15, 0.2) is 0 Å². The molecule has 1 heterocycles. The summed E-state index contributed by atoms with van der Waals surface area (Å²) in [6.07, 6.45) is 3.99. The minimum Gasteiger partial charge on any atom is -0.543 e. The van der Waals surface area contributed by atoms with Gasteiger partial charge in [-0.1, -0.05) is 60.6 Å². The zero-order valence-electron chi connectivity index (χ0n) is 18.8. The van der Waals surface area contributed by atoms with Crippen molar-refractivity contribution < 1.29 is 9.16 Å². The summed E-state index contributed by atoms with van der Waals surface area (Å²) in [6, 6.07) is 8.60. The average molecular weight is 387 g/mol. The van der Waals surface area contributed by atoms with Crippen LogP contribution >= 0.6 is 0 Å². The fourth-order valence-electron chi connectivity index (χ4n) is 4.63. The van der Waals surface area contributed by atoms with Crippen LogP contribution in [-0.2, 0) is 4.74 Å². The summed E-state index contributed by atoms with van der Waals surface area (Å²) in [6.45, 7) is 20.8. The first-order valence-corrected chi connectivity index (χ1v) is 13.4. The van der Waals surface area contributed by atoms with Crippen molar-refractivity contribution in [2.24, 2.45) is 10.8 Å². The molecule has 1 aliphatic heterocycles. The summed E-state index contributed by atoms with van der Waals surface area (Å²) >= 11 is 0. The molecule has 2 atom stereocenters. The third kappa shape index (κ3) is 3.60. The highest BCUT2D eigenvalue weighted by molar-refractivity contribution is 6.74. The van der Waals surface area contributed by atoms with Crippen molar-refractivity contribution in [2.75, 3.05) is 0 Å². The molecule has 0 N–H and O–H groups in total. The largest absolute Gasteiger partial charge is 0.543 e. The van der Waals surface area contributed by atoms with E-state index in [-0.39, 0.29) is 15.9 Å². The zero-order valence-corrected chi connectivity index (χ0v) is 19.8. The molecule has 0 radical (unpaired) electrons. The second-order valence-electron chi connectivity index (χ2n) is 11.3. The van der Waals surface area contributed by atoms with Crippen LogP contribution in [0, 0.1) is 10.8 Å². The molecule has 1 aromatic rings. The molecule has 1 aliphatic carbocycles. The van der Waals surface area contributed by atoms with Crippen LogP contribution < -0.4 is 4.43 Å². The third-order valence-corrected chi connectivity index (χ3v) is 11.3. The van der Waals surface area contributed by atoms with Crippen LogP contribution in [-0.4, -0.2) is 14.4 Å². The Hall–Kier alpha value is -1.22. The van der Waals surface area contributed by atoms with Crippen LogP contribution in [0.2, 0.25) is 18.1 Å². The maximum atomic E-state index is 6.60. The van der Waals surface area contributed by atoms with Crippen LogP contribution in [0.5, 0.6) is 5.75 Å². The third-order valence-electron chi connectivity index (χ3n) is 6.96. The second kappa shape index (κ2) is 6.40. The van der Waals surface area contributed by atoms with Crippen molar-refractivity contribution in [3.05, 3.63) is 35.4 Å². The van der Waals surface area contributed by atoms with E-state index in [2.05, 4.69) is 85.8 Å². The molecule has 0 spiro atoms. The standard InChI is InChI=1S/C24H38O2Si/c1-22(2,3)21-20(25-19-14-11-15-24(19,21)7)17-12-10-13-18(16-17)26-27(8,9)23(4,5)6/h10,12-13,16,19H,11,14-15H2,1-9H3/t19-,24+/m1/s1. The van der Waals surface area contributed by atoms with E-state index in [1.165, 1.54) is 30.4 Å². The lowest BCUT2D eigenvalue weighted by molar-refractivity contribution is 0.117. The van der Waals surface area contributed by atoms with Gasteiger partial charge in [-0.2, -0.15) is 0 Å². The summed E-state index contributed by atoms with van der Waals surface area (Å²) in [5.74, 6) is 2.08. The topological polar surface area (TPSA) is 18.5 Å². The van der Waals surface area contributed by atoms with E-state index >= 15 is 0 Å². The molecule has 0 amide bonds. The van der Waals surface area contributed by atoms with Gasteiger partial charge in [-0.3, -0.25) is 0 Å². The Bertz CT molecular complexity index is 748. The van der Waals surface area contributed by atoms with E-state index in [4.69, 9.17) is 9.16 Å². The molecule has 0 aromatic heterocycles. The van der Waals surface area contributed by atoms with Crippen LogP contribution in [0.25, 0.3) is 5.76 Å². The van der Waals surface area contributed by atoms with Crippen LogP contribution in [0.4, 0.5) is 0 Å². The van der Waals surface area contributed by atoms with Gasteiger partial charge in [0.1, 0.15) is 17.6 Å². The van der Waals surface area contributed by atoms with Crippen LogP contribution in [0.15, 0.2) is 29.8 Å². The quantitative estimate of drug-likeness (QED) is 0.503. The number of hydrogen-bond acceptors (Lipinski definition) is 2. The molecule has 2 nitrogen and oxygen atoms in total. The molecule has 1 aromatic carbocycles. The first-order valence-electron chi connectivity index (χ1n) is 10.5. The number of benzene rings is 1. The van der Waals surface area contributed by atoms with Crippen LogP contribution in [0.3, 0.4) is 0 Å². The first-order chi connectivity index (χ1) is 12.3. The lowest BCUT2D eigenvalue weighted by atomic mass is 9.68. The van der Waals surface area contributed by atoms with E-state index in [0.717, 1.165) is 11.5 Å². The molecular formula is C24H38O2Si. The highest BCUT2D eigenvalue weighted by Gasteiger charge is 2.53. The monoisotopic (exact) mass is 386 g/mol. The molecular weight excluding hydrogens is 348 g/mol. The van der Waals surface area contributed by atoms with E-state index in [0.29, 0.717) is 6.10 Å². The van der Waals surface area contributed by atoms with E-state index < -0.39 is 8.32 Å². The molecule has 0 saturated heterocycles.